The monoisotopic (exact) mass is 247 g/mol. The molecule has 100 valence electrons. The Morgan fingerprint density at radius 3 is 2.41 bits per heavy atom. The minimum absolute atomic E-state index is 0.262. The van der Waals surface area contributed by atoms with Crippen LogP contribution in [0, 0.1) is 0 Å². The average Bonchev–Trinajstić information content (AvgIpc) is 2.24. The molecule has 0 heterocycles. The fourth-order valence-electron chi connectivity index (χ4n) is 1.25. The van der Waals surface area contributed by atoms with Gasteiger partial charge in [0.1, 0.15) is 0 Å². The van der Waals surface area contributed by atoms with Gasteiger partial charge in [-0.3, -0.25) is 0 Å². The third-order valence-electron chi connectivity index (χ3n) is 2.25. The topological polar surface area (TPSA) is 95.9 Å². The maximum Gasteiger partial charge on any atom is 0.407 e. The second-order valence-electron chi connectivity index (χ2n) is 3.90. The van der Waals surface area contributed by atoms with Gasteiger partial charge in [0.25, 0.3) is 0 Å². The smallest absolute Gasteiger partial charge is 0.407 e. The van der Waals surface area contributed by atoms with Crippen molar-refractivity contribution in [2.24, 2.45) is 0 Å². The van der Waals surface area contributed by atoms with Crippen LogP contribution in [-0.2, 0) is 9.53 Å². The van der Waals surface area contributed by atoms with Crippen molar-refractivity contribution >= 4 is 12.1 Å². The molecule has 0 aliphatic rings. The fourth-order valence-corrected chi connectivity index (χ4v) is 1.25. The van der Waals surface area contributed by atoms with Crippen molar-refractivity contribution in [2.45, 2.75) is 51.7 Å². The number of aliphatic hydroxyl groups is 1. The predicted octanol–water partition coefficient (Wildman–Crippen LogP) is 1.13. The molecule has 0 aromatic heterocycles. The van der Waals surface area contributed by atoms with E-state index in [4.69, 9.17) is 14.9 Å². The Bertz CT molecular complexity index is 242. The molecule has 0 rings (SSSR count). The standard InChI is InChI=1S/C11H21NO5/c1-3-4-5-6-7-17-11(16)12-9(8(2)13)10(14)15/h8-9,13H,3-7H2,1-2H3,(H,12,16)(H,14,15)/t8-,9+/m0/s1. The van der Waals surface area contributed by atoms with Crippen LogP contribution < -0.4 is 5.32 Å². The predicted molar refractivity (Wildman–Crippen MR) is 61.7 cm³/mol. The molecule has 6 nitrogen and oxygen atoms in total. The van der Waals surface area contributed by atoms with Gasteiger partial charge < -0.3 is 20.3 Å². The molecular weight excluding hydrogens is 226 g/mol. The van der Waals surface area contributed by atoms with Gasteiger partial charge in [-0.25, -0.2) is 9.59 Å². The van der Waals surface area contributed by atoms with Crippen LogP contribution in [0.5, 0.6) is 0 Å². The molecule has 6 heteroatoms. The first-order valence-electron chi connectivity index (χ1n) is 5.83. The molecule has 0 radical (unpaired) electrons. The van der Waals surface area contributed by atoms with E-state index in [2.05, 4.69) is 12.2 Å². The first-order chi connectivity index (χ1) is 7.99. The van der Waals surface area contributed by atoms with Gasteiger partial charge in [0.15, 0.2) is 6.04 Å². The quantitative estimate of drug-likeness (QED) is 0.559. The van der Waals surface area contributed by atoms with Gasteiger partial charge in [0.2, 0.25) is 0 Å². The van der Waals surface area contributed by atoms with Crippen molar-refractivity contribution in [3.8, 4) is 0 Å². The molecule has 3 N–H and O–H groups in total. The first-order valence-corrected chi connectivity index (χ1v) is 5.83. The zero-order valence-electron chi connectivity index (χ0n) is 10.3. The van der Waals surface area contributed by atoms with E-state index < -0.39 is 24.2 Å². The summed E-state index contributed by atoms with van der Waals surface area (Å²) in [7, 11) is 0. The van der Waals surface area contributed by atoms with Crippen molar-refractivity contribution in [1.29, 1.82) is 0 Å². The van der Waals surface area contributed by atoms with Gasteiger partial charge >= 0.3 is 12.1 Å². The van der Waals surface area contributed by atoms with Crippen LogP contribution in [0.2, 0.25) is 0 Å². The molecule has 2 atom stereocenters. The van der Waals surface area contributed by atoms with E-state index >= 15 is 0 Å². The van der Waals surface area contributed by atoms with E-state index in [9.17, 15) is 9.59 Å². The zero-order valence-corrected chi connectivity index (χ0v) is 10.3. The average molecular weight is 247 g/mol. The first kappa shape index (κ1) is 15.7. The highest BCUT2D eigenvalue weighted by atomic mass is 16.5. The number of carboxylic acids is 1. The highest BCUT2D eigenvalue weighted by Crippen LogP contribution is 1.99. The van der Waals surface area contributed by atoms with Gasteiger partial charge in [0, 0.05) is 0 Å². The summed E-state index contributed by atoms with van der Waals surface area (Å²) in [6.07, 6.45) is 1.93. The summed E-state index contributed by atoms with van der Waals surface area (Å²) in [6, 6.07) is -1.34. The number of carboxylic acid groups (broad SMARTS) is 1. The molecule has 0 unspecified atom stereocenters. The Balaban J connectivity index is 3.80. The van der Waals surface area contributed by atoms with Crippen molar-refractivity contribution in [2.75, 3.05) is 6.61 Å². The maximum absolute atomic E-state index is 11.2. The highest BCUT2D eigenvalue weighted by Gasteiger charge is 2.25. The minimum Gasteiger partial charge on any atom is -0.480 e. The van der Waals surface area contributed by atoms with Crippen LogP contribution in [0.25, 0.3) is 0 Å². The Kier molecular flexibility index (Phi) is 8.13. The van der Waals surface area contributed by atoms with E-state index in [0.717, 1.165) is 25.7 Å². The number of carbonyl (C=O) groups excluding carboxylic acids is 1. The number of hydrogen-bond donors (Lipinski definition) is 3. The van der Waals surface area contributed by atoms with Crippen LogP contribution in [0.1, 0.15) is 39.5 Å². The van der Waals surface area contributed by atoms with Crippen molar-refractivity contribution in [1.82, 2.24) is 5.32 Å². The van der Waals surface area contributed by atoms with Crippen LogP contribution in [0.4, 0.5) is 4.79 Å². The lowest BCUT2D eigenvalue weighted by Crippen LogP contribution is -2.47. The van der Waals surface area contributed by atoms with Crippen molar-refractivity contribution in [3.63, 3.8) is 0 Å². The summed E-state index contributed by atoms with van der Waals surface area (Å²) in [5.41, 5.74) is 0. The fraction of sp³-hybridized carbons (Fsp3) is 0.818. The van der Waals surface area contributed by atoms with E-state index in [1.165, 1.54) is 6.92 Å². The van der Waals surface area contributed by atoms with E-state index in [0.29, 0.717) is 0 Å². The van der Waals surface area contributed by atoms with Crippen LogP contribution in [-0.4, -0.2) is 41.0 Å². The van der Waals surface area contributed by atoms with E-state index in [1.807, 2.05) is 0 Å². The highest BCUT2D eigenvalue weighted by molar-refractivity contribution is 5.80. The van der Waals surface area contributed by atoms with Crippen LogP contribution in [0.3, 0.4) is 0 Å². The number of alkyl carbamates (subject to hydrolysis) is 1. The molecule has 0 spiro atoms. The van der Waals surface area contributed by atoms with Gasteiger partial charge in [-0.05, 0) is 13.3 Å². The number of rotatable bonds is 8. The molecule has 0 aromatic rings. The number of amides is 1. The number of aliphatic carboxylic acids is 1. The summed E-state index contributed by atoms with van der Waals surface area (Å²) in [5, 5.41) is 19.9. The number of unbranched alkanes of at least 4 members (excludes halogenated alkanes) is 3. The van der Waals surface area contributed by atoms with Gasteiger partial charge in [-0.2, -0.15) is 0 Å². The molecule has 0 fully saturated rings. The molecule has 0 saturated heterocycles. The molecule has 0 aromatic carbocycles. The Morgan fingerprint density at radius 2 is 1.94 bits per heavy atom. The molecular formula is C11H21NO5. The summed E-state index contributed by atoms with van der Waals surface area (Å²) in [5.74, 6) is -1.29. The lowest BCUT2D eigenvalue weighted by molar-refractivity contribution is -0.142. The van der Waals surface area contributed by atoms with Crippen molar-refractivity contribution in [3.05, 3.63) is 0 Å². The Morgan fingerprint density at radius 1 is 1.29 bits per heavy atom. The maximum atomic E-state index is 11.2. The Hall–Kier alpha value is -1.30. The summed E-state index contributed by atoms with van der Waals surface area (Å²) in [4.78, 5) is 21.8. The van der Waals surface area contributed by atoms with E-state index in [1.54, 1.807) is 0 Å². The number of ether oxygens (including phenoxy) is 1. The summed E-state index contributed by atoms with van der Waals surface area (Å²) >= 11 is 0. The number of aliphatic hydroxyl groups excluding tert-OH is 1. The number of hydrogen-bond acceptors (Lipinski definition) is 4. The lowest BCUT2D eigenvalue weighted by atomic mass is 10.2. The molecule has 0 aliphatic heterocycles. The molecule has 17 heavy (non-hydrogen) atoms. The summed E-state index contributed by atoms with van der Waals surface area (Å²) < 4.78 is 4.79. The van der Waals surface area contributed by atoms with Gasteiger partial charge in [-0.1, -0.05) is 26.2 Å². The normalized spacial score (nSPS) is 13.8. The van der Waals surface area contributed by atoms with Gasteiger partial charge in [0.05, 0.1) is 12.7 Å². The second kappa shape index (κ2) is 8.81. The zero-order chi connectivity index (χ0) is 13.3. The SMILES string of the molecule is CCCCCCOC(=O)N[C@@H](C(=O)O)[C@H](C)O. The third-order valence-corrected chi connectivity index (χ3v) is 2.25. The molecule has 1 amide bonds. The van der Waals surface area contributed by atoms with Crippen LogP contribution >= 0.6 is 0 Å². The van der Waals surface area contributed by atoms with E-state index in [-0.39, 0.29) is 6.61 Å². The van der Waals surface area contributed by atoms with Gasteiger partial charge in [-0.15, -0.1) is 0 Å². The summed E-state index contributed by atoms with van der Waals surface area (Å²) in [6.45, 7) is 3.63. The minimum atomic E-state index is -1.34. The second-order valence-corrected chi connectivity index (χ2v) is 3.90. The third kappa shape index (κ3) is 7.57. The molecule has 0 bridgehead atoms. The Labute approximate surface area is 101 Å². The molecule has 0 saturated carbocycles. The molecule has 0 aliphatic carbocycles. The number of nitrogens with one attached hydrogen (secondary N) is 1. The number of carbonyl (C=O) groups is 2. The van der Waals surface area contributed by atoms with Crippen molar-refractivity contribution < 1.29 is 24.5 Å². The van der Waals surface area contributed by atoms with Crippen LogP contribution in [0.15, 0.2) is 0 Å². The lowest BCUT2D eigenvalue weighted by Gasteiger charge is -2.16. The largest absolute Gasteiger partial charge is 0.480 e.